The van der Waals surface area contributed by atoms with Crippen LogP contribution in [-0.4, -0.2) is 11.7 Å². The largest absolute Gasteiger partial charge is 0.398 e. The lowest BCUT2D eigenvalue weighted by Crippen LogP contribution is -2.37. The first-order valence-electron chi connectivity index (χ1n) is 4.03. The zero-order valence-electron chi connectivity index (χ0n) is 7.72. The summed E-state index contributed by atoms with van der Waals surface area (Å²) in [6.07, 6.45) is 0. The topological polar surface area (TPSA) is 72.3 Å². The molecule has 1 rings (SSSR count). The summed E-state index contributed by atoms with van der Waals surface area (Å²) in [5, 5.41) is 9.04. The molecule has 14 heavy (non-hydrogen) atoms. The summed E-state index contributed by atoms with van der Waals surface area (Å²) >= 11 is 3.12. The second-order valence-electron chi connectivity index (χ2n) is 3.42. The normalized spacial score (nSPS) is 15.2. The van der Waals surface area contributed by atoms with Crippen LogP contribution in [0.5, 0.6) is 0 Å². The lowest BCUT2D eigenvalue weighted by Gasteiger charge is -2.24. The van der Waals surface area contributed by atoms with E-state index < -0.39 is 11.4 Å². The van der Waals surface area contributed by atoms with Crippen molar-refractivity contribution in [2.75, 3.05) is 12.3 Å². The number of benzene rings is 1. The van der Waals surface area contributed by atoms with Crippen LogP contribution < -0.4 is 11.5 Å². The first kappa shape index (κ1) is 11.4. The van der Waals surface area contributed by atoms with Crippen LogP contribution in [0.25, 0.3) is 0 Å². The lowest BCUT2D eigenvalue weighted by atomic mass is 9.92. The SMILES string of the molecule is C[C@@](N)(CO)c1cc(F)cc(Br)c1N. The van der Waals surface area contributed by atoms with Gasteiger partial charge in [0.1, 0.15) is 5.82 Å². The third kappa shape index (κ3) is 2.05. The highest BCUT2D eigenvalue weighted by Gasteiger charge is 2.24. The number of nitrogen functional groups attached to an aromatic ring is 1. The molecule has 0 aliphatic carbocycles. The van der Waals surface area contributed by atoms with Crippen LogP contribution in [0.2, 0.25) is 0 Å². The summed E-state index contributed by atoms with van der Waals surface area (Å²) in [6, 6.07) is 2.49. The van der Waals surface area contributed by atoms with Crippen LogP contribution in [0.4, 0.5) is 10.1 Å². The smallest absolute Gasteiger partial charge is 0.124 e. The molecule has 1 aromatic carbocycles. The van der Waals surface area contributed by atoms with E-state index in [1.165, 1.54) is 12.1 Å². The van der Waals surface area contributed by atoms with Gasteiger partial charge >= 0.3 is 0 Å². The molecule has 0 radical (unpaired) electrons. The molecule has 0 saturated carbocycles. The van der Waals surface area contributed by atoms with Crippen molar-refractivity contribution in [2.24, 2.45) is 5.73 Å². The highest BCUT2D eigenvalue weighted by atomic mass is 79.9. The van der Waals surface area contributed by atoms with Crippen molar-refractivity contribution < 1.29 is 9.50 Å². The molecular weight excluding hydrogens is 251 g/mol. The van der Waals surface area contributed by atoms with Crippen molar-refractivity contribution in [1.29, 1.82) is 0 Å². The second kappa shape index (κ2) is 3.84. The van der Waals surface area contributed by atoms with E-state index in [9.17, 15) is 4.39 Å². The van der Waals surface area contributed by atoms with Crippen molar-refractivity contribution in [3.05, 3.63) is 28.0 Å². The molecule has 1 aromatic rings. The maximum absolute atomic E-state index is 13.1. The van der Waals surface area contributed by atoms with Gasteiger partial charge in [-0.2, -0.15) is 0 Å². The predicted octanol–water partition coefficient (Wildman–Crippen LogP) is 1.34. The number of halogens is 2. The number of aliphatic hydroxyl groups excluding tert-OH is 1. The van der Waals surface area contributed by atoms with Crippen LogP contribution in [0.1, 0.15) is 12.5 Å². The van der Waals surface area contributed by atoms with Gasteiger partial charge in [0, 0.05) is 10.0 Å². The number of anilines is 1. The number of nitrogens with two attached hydrogens (primary N) is 2. The quantitative estimate of drug-likeness (QED) is 0.705. The van der Waals surface area contributed by atoms with Crippen LogP contribution >= 0.6 is 15.9 Å². The van der Waals surface area contributed by atoms with Gasteiger partial charge in [-0.25, -0.2) is 4.39 Å². The molecule has 0 spiro atoms. The first-order chi connectivity index (χ1) is 6.38. The molecule has 3 nitrogen and oxygen atoms in total. The molecule has 0 bridgehead atoms. The Morgan fingerprint density at radius 2 is 2.14 bits per heavy atom. The number of rotatable bonds is 2. The molecule has 0 aliphatic heterocycles. The van der Waals surface area contributed by atoms with E-state index in [1.54, 1.807) is 6.92 Å². The Balaban J connectivity index is 3.34. The Kier molecular flexibility index (Phi) is 3.14. The fraction of sp³-hybridized carbons (Fsp3) is 0.333. The summed E-state index contributed by atoms with van der Waals surface area (Å²) in [6.45, 7) is 1.29. The van der Waals surface area contributed by atoms with Gasteiger partial charge in [-0.05, 0) is 35.0 Å². The highest BCUT2D eigenvalue weighted by Crippen LogP contribution is 2.31. The minimum atomic E-state index is -1.03. The van der Waals surface area contributed by atoms with Gasteiger partial charge in [0.15, 0.2) is 0 Å². The Morgan fingerprint density at radius 1 is 1.57 bits per heavy atom. The zero-order chi connectivity index (χ0) is 10.9. The van der Waals surface area contributed by atoms with E-state index in [2.05, 4.69) is 15.9 Å². The average Bonchev–Trinajstić information content (AvgIpc) is 2.11. The van der Waals surface area contributed by atoms with Crippen LogP contribution in [-0.2, 0) is 5.54 Å². The Bertz CT molecular complexity index is 355. The molecular formula is C9H12BrFN2O. The van der Waals surface area contributed by atoms with Crippen LogP contribution in [0.3, 0.4) is 0 Å². The van der Waals surface area contributed by atoms with Gasteiger partial charge in [0.2, 0.25) is 0 Å². The molecule has 0 saturated heterocycles. The Hall–Kier alpha value is -0.650. The summed E-state index contributed by atoms with van der Waals surface area (Å²) in [4.78, 5) is 0. The summed E-state index contributed by atoms with van der Waals surface area (Å²) in [5.74, 6) is -0.439. The summed E-state index contributed by atoms with van der Waals surface area (Å²) < 4.78 is 13.5. The maximum Gasteiger partial charge on any atom is 0.124 e. The van der Waals surface area contributed by atoms with E-state index in [0.29, 0.717) is 15.7 Å². The number of aliphatic hydroxyl groups is 1. The second-order valence-corrected chi connectivity index (χ2v) is 4.28. The molecule has 1 atom stereocenters. The van der Waals surface area contributed by atoms with Gasteiger partial charge in [0.05, 0.1) is 17.8 Å². The van der Waals surface area contributed by atoms with E-state index in [1.807, 2.05) is 0 Å². The molecule has 5 heteroatoms. The van der Waals surface area contributed by atoms with Gasteiger partial charge in [0.25, 0.3) is 0 Å². The van der Waals surface area contributed by atoms with Gasteiger partial charge in [-0.15, -0.1) is 0 Å². The Labute approximate surface area is 90.0 Å². The minimum Gasteiger partial charge on any atom is -0.398 e. The van der Waals surface area contributed by atoms with Gasteiger partial charge in [-0.1, -0.05) is 0 Å². The standard InChI is InChI=1S/C9H12BrFN2O/c1-9(13,4-14)6-2-5(11)3-7(10)8(6)12/h2-3,14H,4,12-13H2,1H3/t9-/m1/s1. The van der Waals surface area contributed by atoms with Gasteiger partial charge < -0.3 is 16.6 Å². The van der Waals surface area contributed by atoms with E-state index in [4.69, 9.17) is 16.6 Å². The molecule has 5 N–H and O–H groups in total. The third-order valence-electron chi connectivity index (χ3n) is 2.04. The fourth-order valence-corrected chi connectivity index (χ4v) is 1.57. The Morgan fingerprint density at radius 3 is 2.64 bits per heavy atom. The van der Waals surface area contributed by atoms with E-state index >= 15 is 0 Å². The molecule has 0 heterocycles. The average molecular weight is 263 g/mol. The van der Waals surface area contributed by atoms with Crippen molar-refractivity contribution in [3.8, 4) is 0 Å². The molecule has 0 fully saturated rings. The number of hydrogen-bond acceptors (Lipinski definition) is 3. The van der Waals surface area contributed by atoms with Crippen LogP contribution in [0, 0.1) is 5.82 Å². The highest BCUT2D eigenvalue weighted by molar-refractivity contribution is 9.10. The molecule has 0 aliphatic rings. The van der Waals surface area contributed by atoms with Crippen molar-refractivity contribution >= 4 is 21.6 Å². The molecule has 0 amide bonds. The zero-order valence-corrected chi connectivity index (χ0v) is 9.31. The van der Waals surface area contributed by atoms with Crippen molar-refractivity contribution in [2.45, 2.75) is 12.5 Å². The molecule has 0 aromatic heterocycles. The first-order valence-corrected chi connectivity index (χ1v) is 4.82. The van der Waals surface area contributed by atoms with E-state index in [-0.39, 0.29) is 6.61 Å². The van der Waals surface area contributed by atoms with Crippen LogP contribution in [0.15, 0.2) is 16.6 Å². The van der Waals surface area contributed by atoms with Gasteiger partial charge in [-0.3, -0.25) is 0 Å². The van der Waals surface area contributed by atoms with Crippen molar-refractivity contribution in [1.82, 2.24) is 0 Å². The lowest BCUT2D eigenvalue weighted by molar-refractivity contribution is 0.210. The number of hydrogen-bond donors (Lipinski definition) is 3. The maximum atomic E-state index is 13.1. The monoisotopic (exact) mass is 262 g/mol. The summed E-state index contributed by atoms with van der Waals surface area (Å²) in [7, 11) is 0. The van der Waals surface area contributed by atoms with Crippen molar-refractivity contribution in [3.63, 3.8) is 0 Å². The molecule has 0 unspecified atom stereocenters. The predicted molar refractivity (Wildman–Crippen MR) is 57.1 cm³/mol. The minimum absolute atomic E-state index is 0.299. The van der Waals surface area contributed by atoms with E-state index in [0.717, 1.165) is 0 Å². The fourth-order valence-electron chi connectivity index (χ4n) is 1.14. The molecule has 78 valence electrons. The summed E-state index contributed by atoms with van der Waals surface area (Å²) in [5.41, 5.74) is 11.2. The third-order valence-corrected chi connectivity index (χ3v) is 2.69.